The minimum Gasteiger partial charge on any atom is -0.492 e. The van der Waals surface area contributed by atoms with Crippen molar-refractivity contribution in [2.45, 2.75) is 12.6 Å². The summed E-state index contributed by atoms with van der Waals surface area (Å²) >= 11 is 0. The Hall–Kier alpha value is -4.54. The van der Waals surface area contributed by atoms with Crippen LogP contribution >= 0.6 is 0 Å². The molecule has 39 heavy (non-hydrogen) atoms. The minimum atomic E-state index is -4.45. The first-order chi connectivity index (χ1) is 18.6. The Morgan fingerprint density at radius 3 is 2.21 bits per heavy atom. The number of hydrogen-bond acceptors (Lipinski definition) is 4. The third-order valence-corrected chi connectivity index (χ3v) is 6.29. The summed E-state index contributed by atoms with van der Waals surface area (Å²) in [6, 6.07) is 17.7. The first-order valence-electron chi connectivity index (χ1n) is 12.2. The van der Waals surface area contributed by atoms with Crippen LogP contribution in [0.2, 0.25) is 0 Å². The number of hydrogen-bond donors (Lipinski definition) is 2. The molecule has 1 saturated heterocycles. The molecule has 4 amide bonds. The van der Waals surface area contributed by atoms with Gasteiger partial charge < -0.3 is 25.6 Å². The van der Waals surface area contributed by atoms with Gasteiger partial charge in [0.1, 0.15) is 5.75 Å². The van der Waals surface area contributed by atoms with Crippen LogP contribution in [0.25, 0.3) is 0 Å². The zero-order valence-electron chi connectivity index (χ0n) is 20.9. The Bertz CT molecular complexity index is 1340. The Balaban J connectivity index is 1.27. The van der Waals surface area contributed by atoms with E-state index in [0.29, 0.717) is 36.4 Å². The number of ether oxygens (including phenoxy) is 1. The van der Waals surface area contributed by atoms with Crippen molar-refractivity contribution in [2.24, 2.45) is 5.73 Å². The van der Waals surface area contributed by atoms with Crippen LogP contribution in [0, 0.1) is 0 Å². The number of rotatable bonds is 7. The molecule has 0 aliphatic carbocycles. The van der Waals surface area contributed by atoms with Gasteiger partial charge in [-0.1, -0.05) is 24.3 Å². The zero-order valence-corrected chi connectivity index (χ0v) is 20.9. The van der Waals surface area contributed by atoms with Crippen molar-refractivity contribution >= 4 is 23.5 Å². The van der Waals surface area contributed by atoms with Crippen LogP contribution in [0.3, 0.4) is 0 Å². The van der Waals surface area contributed by atoms with E-state index in [1.54, 1.807) is 47.4 Å². The van der Waals surface area contributed by atoms with E-state index in [1.807, 2.05) is 6.07 Å². The quantitative estimate of drug-likeness (QED) is 0.463. The highest BCUT2D eigenvalue weighted by Gasteiger charge is 2.30. The highest BCUT2D eigenvalue weighted by molar-refractivity contribution is 5.96. The van der Waals surface area contributed by atoms with Crippen molar-refractivity contribution in [1.82, 2.24) is 9.80 Å². The van der Waals surface area contributed by atoms with Gasteiger partial charge in [-0.2, -0.15) is 13.2 Å². The third-order valence-electron chi connectivity index (χ3n) is 6.29. The summed E-state index contributed by atoms with van der Waals surface area (Å²) in [6.45, 7) is 1.48. The summed E-state index contributed by atoms with van der Waals surface area (Å²) in [6.07, 6.45) is -3.94. The lowest BCUT2D eigenvalue weighted by Crippen LogP contribution is -2.51. The molecular formula is C28H27F3N4O4. The molecular weight excluding hydrogens is 513 g/mol. The van der Waals surface area contributed by atoms with Crippen LogP contribution in [0.15, 0.2) is 72.8 Å². The number of primary amides is 1. The number of nitrogens with two attached hydrogens (primary N) is 1. The van der Waals surface area contributed by atoms with Crippen LogP contribution < -0.4 is 15.8 Å². The second-order valence-electron chi connectivity index (χ2n) is 8.94. The average Bonchev–Trinajstić information content (AvgIpc) is 2.93. The summed E-state index contributed by atoms with van der Waals surface area (Å²) < 4.78 is 43.9. The van der Waals surface area contributed by atoms with Crippen LogP contribution in [-0.2, 0) is 12.6 Å². The molecule has 0 aromatic heterocycles. The maximum atomic E-state index is 13.1. The van der Waals surface area contributed by atoms with Gasteiger partial charge in [0.25, 0.3) is 11.8 Å². The predicted molar refractivity (Wildman–Crippen MR) is 139 cm³/mol. The molecule has 3 N–H and O–H groups in total. The van der Waals surface area contributed by atoms with Crippen molar-refractivity contribution in [3.63, 3.8) is 0 Å². The smallest absolute Gasteiger partial charge is 0.416 e. The minimum absolute atomic E-state index is 0.167. The number of piperazine rings is 1. The molecule has 0 spiro atoms. The van der Waals surface area contributed by atoms with Crippen molar-refractivity contribution in [3.8, 4) is 5.75 Å². The van der Waals surface area contributed by atoms with Crippen LogP contribution in [0.1, 0.15) is 31.8 Å². The van der Waals surface area contributed by atoms with E-state index >= 15 is 0 Å². The lowest BCUT2D eigenvalue weighted by molar-refractivity contribution is -0.137. The molecule has 0 saturated carbocycles. The number of anilines is 1. The number of alkyl halides is 3. The first-order valence-corrected chi connectivity index (χ1v) is 12.2. The Morgan fingerprint density at radius 2 is 1.54 bits per heavy atom. The van der Waals surface area contributed by atoms with E-state index in [-0.39, 0.29) is 31.3 Å². The van der Waals surface area contributed by atoms with Crippen molar-refractivity contribution in [1.29, 1.82) is 0 Å². The Morgan fingerprint density at radius 1 is 0.872 bits per heavy atom. The number of benzene rings is 3. The number of para-hydroxylation sites is 1. The third kappa shape index (κ3) is 7.07. The van der Waals surface area contributed by atoms with E-state index in [9.17, 15) is 27.6 Å². The topological polar surface area (TPSA) is 105 Å². The molecule has 0 bridgehead atoms. The van der Waals surface area contributed by atoms with Gasteiger partial charge in [-0.3, -0.25) is 9.59 Å². The van der Waals surface area contributed by atoms with Crippen molar-refractivity contribution in [3.05, 3.63) is 95.1 Å². The molecule has 1 heterocycles. The van der Waals surface area contributed by atoms with Gasteiger partial charge in [0, 0.05) is 43.9 Å². The number of carbonyl (C=O) groups excluding carboxylic acids is 3. The SMILES string of the molecule is NC(=O)c1ccccc1OCCc1cccc(C(=O)N2CCN(C(=O)Nc3ccc(C(F)(F)F)cc3)CC2)c1. The molecule has 1 fully saturated rings. The van der Waals surface area contributed by atoms with Crippen molar-refractivity contribution < 1.29 is 32.3 Å². The molecule has 1 aliphatic heterocycles. The maximum absolute atomic E-state index is 13.1. The molecule has 0 radical (unpaired) electrons. The van der Waals surface area contributed by atoms with Gasteiger partial charge in [-0.05, 0) is 54.1 Å². The van der Waals surface area contributed by atoms with E-state index in [2.05, 4.69) is 5.32 Å². The van der Waals surface area contributed by atoms with E-state index < -0.39 is 23.7 Å². The van der Waals surface area contributed by atoms with Gasteiger partial charge in [0.15, 0.2) is 0 Å². The average molecular weight is 541 g/mol. The molecule has 3 aromatic rings. The second kappa shape index (κ2) is 11.9. The second-order valence-corrected chi connectivity index (χ2v) is 8.94. The summed E-state index contributed by atoms with van der Waals surface area (Å²) in [7, 11) is 0. The van der Waals surface area contributed by atoms with Gasteiger partial charge >= 0.3 is 12.2 Å². The fourth-order valence-electron chi connectivity index (χ4n) is 4.18. The summed E-state index contributed by atoms with van der Waals surface area (Å²) in [5, 5.41) is 2.59. The number of nitrogens with zero attached hydrogens (tertiary/aromatic N) is 2. The molecule has 0 unspecified atom stereocenters. The number of urea groups is 1. The normalized spacial score (nSPS) is 13.6. The van der Waals surface area contributed by atoms with Crippen LogP contribution in [0.4, 0.5) is 23.7 Å². The van der Waals surface area contributed by atoms with Crippen LogP contribution in [-0.4, -0.2) is 60.4 Å². The molecule has 11 heteroatoms. The summed E-state index contributed by atoms with van der Waals surface area (Å²) in [4.78, 5) is 40.3. The van der Waals surface area contributed by atoms with E-state index in [4.69, 9.17) is 10.5 Å². The standard InChI is InChI=1S/C28H27F3N4O4/c29-28(30,31)21-8-10-22(11-9-21)33-27(38)35-15-13-34(14-16-35)26(37)20-5-3-4-19(18-20)12-17-39-24-7-2-1-6-23(24)25(32)36/h1-11,18H,12-17H2,(H2,32,36)(H,33,38). The predicted octanol–water partition coefficient (Wildman–Crippen LogP) is 4.42. The molecule has 4 rings (SSSR count). The molecule has 204 valence electrons. The maximum Gasteiger partial charge on any atom is 0.416 e. The van der Waals surface area contributed by atoms with E-state index in [0.717, 1.165) is 17.7 Å². The van der Waals surface area contributed by atoms with Crippen molar-refractivity contribution in [2.75, 3.05) is 38.1 Å². The summed E-state index contributed by atoms with van der Waals surface area (Å²) in [5.74, 6) is -0.340. The lowest BCUT2D eigenvalue weighted by Gasteiger charge is -2.34. The molecule has 0 atom stereocenters. The molecule has 8 nitrogen and oxygen atoms in total. The van der Waals surface area contributed by atoms with E-state index in [1.165, 1.54) is 17.0 Å². The molecule has 3 aromatic carbocycles. The van der Waals surface area contributed by atoms with Gasteiger partial charge in [-0.15, -0.1) is 0 Å². The fourth-order valence-corrected chi connectivity index (χ4v) is 4.18. The molecule has 1 aliphatic rings. The zero-order chi connectivity index (χ0) is 28.0. The van der Waals surface area contributed by atoms with Gasteiger partial charge in [0.2, 0.25) is 0 Å². The fraction of sp³-hybridized carbons (Fsp3) is 0.250. The number of halogens is 3. The lowest BCUT2D eigenvalue weighted by atomic mass is 10.1. The highest BCUT2D eigenvalue weighted by atomic mass is 19.4. The van der Waals surface area contributed by atoms with Gasteiger partial charge in [0.05, 0.1) is 17.7 Å². The van der Waals surface area contributed by atoms with Crippen LogP contribution in [0.5, 0.6) is 5.75 Å². The highest BCUT2D eigenvalue weighted by Crippen LogP contribution is 2.30. The summed E-state index contributed by atoms with van der Waals surface area (Å²) in [5.41, 5.74) is 6.53. The number of carbonyl (C=O) groups is 3. The monoisotopic (exact) mass is 540 g/mol. The number of nitrogens with one attached hydrogen (secondary N) is 1. The Kier molecular flexibility index (Phi) is 8.38. The first kappa shape index (κ1) is 27.5. The van der Waals surface area contributed by atoms with Gasteiger partial charge in [-0.25, -0.2) is 4.79 Å². The Labute approximate surface area is 223 Å². The largest absolute Gasteiger partial charge is 0.492 e. The number of amides is 4.